The van der Waals surface area contributed by atoms with Crippen molar-refractivity contribution in [1.29, 1.82) is 0 Å². The maximum Gasteiger partial charge on any atom is 0.432 e. The minimum absolute atomic E-state index is 0.0119. The van der Waals surface area contributed by atoms with Crippen LogP contribution in [0.25, 0.3) is 5.69 Å². The van der Waals surface area contributed by atoms with Crippen LogP contribution < -0.4 is 11.1 Å². The van der Waals surface area contributed by atoms with Gasteiger partial charge in [0.05, 0.1) is 5.69 Å². The zero-order valence-electron chi connectivity index (χ0n) is 19.3. The molecule has 0 fully saturated rings. The van der Waals surface area contributed by atoms with E-state index in [-0.39, 0.29) is 42.3 Å². The van der Waals surface area contributed by atoms with Crippen molar-refractivity contribution in [1.82, 2.24) is 14.8 Å². The topological polar surface area (TPSA) is 85.8 Å². The molecular formula is C24H23F6N5O. The summed E-state index contributed by atoms with van der Waals surface area (Å²) < 4.78 is 84.9. The van der Waals surface area contributed by atoms with Crippen molar-refractivity contribution in [3.63, 3.8) is 0 Å². The van der Waals surface area contributed by atoms with E-state index in [0.717, 1.165) is 0 Å². The summed E-state index contributed by atoms with van der Waals surface area (Å²) in [5, 5.41) is 6.61. The van der Waals surface area contributed by atoms with Crippen LogP contribution >= 0.6 is 0 Å². The van der Waals surface area contributed by atoms with Gasteiger partial charge in [-0.25, -0.2) is 22.8 Å². The molecule has 192 valence electrons. The number of carbonyl (C=O) groups excluding carboxylic acids is 1. The third-order valence-electron chi connectivity index (χ3n) is 5.64. The molecule has 6 nitrogen and oxygen atoms in total. The molecule has 1 aromatic heterocycles. The van der Waals surface area contributed by atoms with E-state index in [1.54, 1.807) is 6.07 Å². The highest BCUT2D eigenvalue weighted by Gasteiger charge is 2.70. The Balaban J connectivity index is 2.04. The lowest BCUT2D eigenvalue weighted by Crippen LogP contribution is -2.51. The van der Waals surface area contributed by atoms with Gasteiger partial charge < -0.3 is 11.1 Å². The number of anilines is 1. The number of halogens is 6. The number of carbonyl (C=O) groups is 1. The number of nitrogens with two attached hydrogens (primary N) is 1. The monoisotopic (exact) mass is 511 g/mol. The second-order valence-electron chi connectivity index (χ2n) is 8.21. The van der Waals surface area contributed by atoms with E-state index in [4.69, 9.17) is 5.73 Å². The van der Waals surface area contributed by atoms with Gasteiger partial charge in [-0.1, -0.05) is 12.1 Å². The number of hydrogen-bond donors (Lipinski definition) is 2. The van der Waals surface area contributed by atoms with E-state index in [9.17, 15) is 26.7 Å². The highest BCUT2D eigenvalue weighted by molar-refractivity contribution is 6.05. The Morgan fingerprint density at radius 2 is 1.83 bits per heavy atom. The number of alkyl halides is 6. The van der Waals surface area contributed by atoms with Crippen molar-refractivity contribution >= 4 is 11.6 Å². The summed E-state index contributed by atoms with van der Waals surface area (Å²) in [6.07, 6.45) is -1.93. The van der Waals surface area contributed by atoms with Crippen molar-refractivity contribution in [2.75, 3.05) is 5.32 Å². The molecule has 0 radical (unpaired) electrons. The lowest BCUT2D eigenvalue weighted by atomic mass is 9.86. The largest absolute Gasteiger partial charge is 0.432 e. The van der Waals surface area contributed by atoms with Crippen molar-refractivity contribution < 1.29 is 31.1 Å². The summed E-state index contributed by atoms with van der Waals surface area (Å²) in [6.45, 7) is 4.73. The van der Waals surface area contributed by atoms with Crippen LogP contribution in [0, 0.1) is 6.92 Å². The van der Waals surface area contributed by atoms with Gasteiger partial charge in [0.1, 0.15) is 12.7 Å². The van der Waals surface area contributed by atoms with E-state index >= 15 is 4.39 Å². The molecule has 0 aliphatic heterocycles. The van der Waals surface area contributed by atoms with Crippen LogP contribution in [0.3, 0.4) is 0 Å². The van der Waals surface area contributed by atoms with Gasteiger partial charge in [0.2, 0.25) is 0 Å². The molecule has 0 spiro atoms. The minimum Gasteiger partial charge on any atom is -0.326 e. The molecule has 1 amide bonds. The molecule has 3 aromatic rings. The molecule has 1 atom stereocenters. The van der Waals surface area contributed by atoms with E-state index in [0.29, 0.717) is 23.4 Å². The summed E-state index contributed by atoms with van der Waals surface area (Å²) in [6, 6.07) is 5.92. The predicted octanol–water partition coefficient (Wildman–Crippen LogP) is 5.40. The second kappa shape index (κ2) is 9.76. The molecule has 36 heavy (non-hydrogen) atoms. The van der Waals surface area contributed by atoms with Crippen LogP contribution in [-0.4, -0.2) is 32.8 Å². The Labute approximate surface area is 202 Å². The first kappa shape index (κ1) is 26.9. The Bertz CT molecular complexity index is 1250. The summed E-state index contributed by atoms with van der Waals surface area (Å²) in [5.74, 6) is -5.41. The number of rotatable bonds is 8. The summed E-state index contributed by atoms with van der Waals surface area (Å²) in [5.41, 5.74) is 0.928. The van der Waals surface area contributed by atoms with Crippen LogP contribution in [0.2, 0.25) is 0 Å². The summed E-state index contributed by atoms with van der Waals surface area (Å²) in [4.78, 5) is 16.9. The van der Waals surface area contributed by atoms with Gasteiger partial charge in [0.15, 0.2) is 0 Å². The standard InChI is InChI=1S/C24H23F6N5O/c1-4-5-15-10-18(23(27,22(3,25)26)24(28,29)30)8-14(2)20(15)34-21(36)16-6-7-19(17(9-16)11-31)35-13-32-12-33-35/h4,6-10,12-13H,1,5,11,31H2,2-3H3,(H,34,36). The van der Waals surface area contributed by atoms with Crippen molar-refractivity contribution in [3.05, 3.63) is 83.5 Å². The number of nitrogens with one attached hydrogen (secondary N) is 1. The first-order chi connectivity index (χ1) is 16.7. The fourth-order valence-electron chi connectivity index (χ4n) is 3.85. The molecule has 3 N–H and O–H groups in total. The van der Waals surface area contributed by atoms with Gasteiger partial charge in [-0.05, 0) is 54.3 Å². The quantitative estimate of drug-likeness (QED) is 0.313. The number of nitrogens with zero attached hydrogens (tertiary/aromatic N) is 3. The number of amides is 1. The Hall–Kier alpha value is -3.67. The third-order valence-corrected chi connectivity index (χ3v) is 5.64. The average molecular weight is 511 g/mol. The molecule has 0 saturated carbocycles. The van der Waals surface area contributed by atoms with Crippen LogP contribution in [-0.2, 0) is 18.6 Å². The Morgan fingerprint density at radius 3 is 2.36 bits per heavy atom. The van der Waals surface area contributed by atoms with Gasteiger partial charge in [0.25, 0.3) is 17.5 Å². The fraction of sp³-hybridized carbons (Fsp3) is 0.292. The summed E-state index contributed by atoms with van der Waals surface area (Å²) >= 11 is 0. The zero-order chi connectivity index (χ0) is 26.9. The molecule has 1 unspecified atom stereocenters. The number of aryl methyl sites for hydroxylation is 1. The van der Waals surface area contributed by atoms with Crippen LogP contribution in [0.15, 0.2) is 55.6 Å². The molecule has 0 saturated heterocycles. The van der Waals surface area contributed by atoms with Crippen molar-refractivity contribution in [2.45, 2.75) is 44.6 Å². The SMILES string of the molecule is C=CCc1cc(C(F)(C(C)(F)F)C(F)(F)F)cc(C)c1NC(=O)c1ccc(-n2cncn2)c(CN)c1. The first-order valence-electron chi connectivity index (χ1n) is 10.6. The van der Waals surface area contributed by atoms with E-state index < -0.39 is 29.2 Å². The molecular weight excluding hydrogens is 488 g/mol. The molecule has 0 aliphatic carbocycles. The van der Waals surface area contributed by atoms with Crippen LogP contribution in [0.1, 0.15) is 39.5 Å². The molecule has 3 rings (SSSR count). The maximum absolute atomic E-state index is 15.0. The second-order valence-corrected chi connectivity index (χ2v) is 8.21. The van der Waals surface area contributed by atoms with Gasteiger partial charge in [-0.15, -0.1) is 6.58 Å². The average Bonchev–Trinajstić information content (AvgIpc) is 3.33. The highest BCUT2D eigenvalue weighted by Crippen LogP contribution is 2.53. The number of hydrogen-bond acceptors (Lipinski definition) is 4. The van der Waals surface area contributed by atoms with E-state index in [2.05, 4.69) is 22.0 Å². The lowest BCUT2D eigenvalue weighted by molar-refractivity contribution is -0.304. The van der Waals surface area contributed by atoms with E-state index in [1.165, 1.54) is 42.5 Å². The molecule has 2 aromatic carbocycles. The van der Waals surface area contributed by atoms with Crippen molar-refractivity contribution in [2.24, 2.45) is 5.73 Å². The van der Waals surface area contributed by atoms with Gasteiger partial charge in [-0.2, -0.15) is 18.3 Å². The normalized spacial score (nSPS) is 13.8. The maximum atomic E-state index is 15.0. The van der Waals surface area contributed by atoms with Gasteiger partial charge in [-0.3, -0.25) is 4.79 Å². The molecule has 0 aliphatic rings. The minimum atomic E-state index is -5.89. The molecule has 1 heterocycles. The number of benzene rings is 2. The van der Waals surface area contributed by atoms with E-state index in [1.807, 2.05) is 0 Å². The van der Waals surface area contributed by atoms with Crippen LogP contribution in [0.4, 0.5) is 32.0 Å². The highest BCUT2D eigenvalue weighted by atomic mass is 19.4. The van der Waals surface area contributed by atoms with Gasteiger partial charge >= 0.3 is 6.18 Å². The Morgan fingerprint density at radius 1 is 1.14 bits per heavy atom. The smallest absolute Gasteiger partial charge is 0.326 e. The lowest BCUT2D eigenvalue weighted by Gasteiger charge is -2.34. The van der Waals surface area contributed by atoms with Crippen LogP contribution in [0.5, 0.6) is 0 Å². The van der Waals surface area contributed by atoms with Gasteiger partial charge in [0, 0.05) is 30.3 Å². The van der Waals surface area contributed by atoms with Crippen molar-refractivity contribution in [3.8, 4) is 5.69 Å². The zero-order valence-corrected chi connectivity index (χ0v) is 19.3. The number of allylic oxidation sites excluding steroid dienone is 1. The number of aromatic nitrogens is 3. The Kier molecular flexibility index (Phi) is 7.30. The fourth-order valence-corrected chi connectivity index (χ4v) is 3.85. The summed E-state index contributed by atoms with van der Waals surface area (Å²) in [7, 11) is 0. The molecule has 12 heteroatoms. The predicted molar refractivity (Wildman–Crippen MR) is 122 cm³/mol. The first-order valence-corrected chi connectivity index (χ1v) is 10.6. The third kappa shape index (κ3) is 4.85. The molecule has 0 bridgehead atoms.